The van der Waals surface area contributed by atoms with Crippen molar-refractivity contribution in [2.75, 3.05) is 6.61 Å². The summed E-state index contributed by atoms with van der Waals surface area (Å²) in [4.78, 5) is 23.7. The lowest BCUT2D eigenvalue weighted by Gasteiger charge is -2.13. The van der Waals surface area contributed by atoms with E-state index in [1.807, 2.05) is 6.92 Å². The van der Waals surface area contributed by atoms with E-state index in [2.05, 4.69) is 13.8 Å². The molecule has 0 radical (unpaired) electrons. The maximum atomic E-state index is 11.9. The molecule has 32 heavy (non-hydrogen) atoms. The molecule has 0 aliphatic carbocycles. The third kappa shape index (κ3) is 23.6. The van der Waals surface area contributed by atoms with Crippen LogP contribution in [-0.2, 0) is 19.1 Å². The van der Waals surface area contributed by atoms with Crippen LogP contribution in [0.1, 0.15) is 156 Å². The second-order valence-electron chi connectivity index (χ2n) is 9.47. The average molecular weight is 455 g/mol. The van der Waals surface area contributed by atoms with Crippen LogP contribution >= 0.6 is 0 Å². The maximum absolute atomic E-state index is 11.9. The SMILES string of the molecule is CCCCCCCCCCCCOC(=O)CCCCC(=O)OC(C)CCCCCCCC. The first-order valence-corrected chi connectivity index (χ1v) is 13.9. The lowest BCUT2D eigenvalue weighted by molar-refractivity contribution is -0.149. The molecule has 0 aromatic rings. The van der Waals surface area contributed by atoms with Gasteiger partial charge >= 0.3 is 11.9 Å². The molecule has 0 aliphatic rings. The largest absolute Gasteiger partial charge is 0.466 e. The molecule has 0 fully saturated rings. The third-order valence-corrected chi connectivity index (χ3v) is 6.07. The van der Waals surface area contributed by atoms with Crippen LogP contribution in [-0.4, -0.2) is 24.6 Å². The Kier molecular flexibility index (Phi) is 23.8. The second-order valence-corrected chi connectivity index (χ2v) is 9.47. The van der Waals surface area contributed by atoms with E-state index < -0.39 is 0 Å². The molecule has 0 bridgehead atoms. The highest BCUT2D eigenvalue weighted by Gasteiger charge is 2.10. The predicted molar refractivity (Wildman–Crippen MR) is 135 cm³/mol. The van der Waals surface area contributed by atoms with Crippen molar-refractivity contribution in [3.05, 3.63) is 0 Å². The molecule has 1 unspecified atom stereocenters. The zero-order valence-corrected chi connectivity index (χ0v) is 21.8. The summed E-state index contributed by atoms with van der Waals surface area (Å²) >= 11 is 0. The number of unbranched alkanes of at least 4 members (excludes halogenated alkanes) is 15. The monoisotopic (exact) mass is 454 g/mol. The molecule has 0 aromatic carbocycles. The molecule has 0 aromatic heterocycles. The first-order valence-electron chi connectivity index (χ1n) is 13.9. The van der Waals surface area contributed by atoms with Crippen LogP contribution in [0.3, 0.4) is 0 Å². The minimum Gasteiger partial charge on any atom is -0.466 e. The Morgan fingerprint density at radius 1 is 0.562 bits per heavy atom. The summed E-state index contributed by atoms with van der Waals surface area (Å²) in [5.41, 5.74) is 0. The van der Waals surface area contributed by atoms with Crippen molar-refractivity contribution in [3.8, 4) is 0 Å². The summed E-state index contributed by atoms with van der Waals surface area (Å²) in [6.45, 7) is 6.99. The van der Waals surface area contributed by atoms with Crippen LogP contribution in [0.4, 0.5) is 0 Å². The molecule has 0 spiro atoms. The van der Waals surface area contributed by atoms with Crippen molar-refractivity contribution >= 4 is 11.9 Å². The van der Waals surface area contributed by atoms with Gasteiger partial charge in [0.05, 0.1) is 12.7 Å². The van der Waals surface area contributed by atoms with Gasteiger partial charge in [0, 0.05) is 12.8 Å². The standard InChI is InChI=1S/C28H54O4/c1-4-6-8-10-12-13-14-15-17-21-25-31-27(29)23-19-20-24-28(30)32-26(3)22-18-16-11-9-7-5-2/h26H,4-25H2,1-3H3. The predicted octanol–water partition coefficient (Wildman–Crippen LogP) is 8.69. The molecule has 0 heterocycles. The Labute approximate surface area is 199 Å². The molecule has 0 aliphatic heterocycles. The van der Waals surface area contributed by atoms with E-state index >= 15 is 0 Å². The molecule has 0 rings (SSSR count). The van der Waals surface area contributed by atoms with Gasteiger partial charge in [-0.1, -0.05) is 104 Å². The highest BCUT2D eigenvalue weighted by Crippen LogP contribution is 2.13. The number of ether oxygens (including phenoxy) is 2. The van der Waals surface area contributed by atoms with Gasteiger partial charge in [0.2, 0.25) is 0 Å². The number of hydrogen-bond acceptors (Lipinski definition) is 4. The quantitative estimate of drug-likeness (QED) is 0.108. The number of carbonyl (C=O) groups is 2. The van der Waals surface area contributed by atoms with Crippen molar-refractivity contribution in [2.24, 2.45) is 0 Å². The van der Waals surface area contributed by atoms with Gasteiger partial charge in [0.1, 0.15) is 0 Å². The maximum Gasteiger partial charge on any atom is 0.306 e. The first kappa shape index (κ1) is 30.9. The van der Waals surface area contributed by atoms with Crippen molar-refractivity contribution in [3.63, 3.8) is 0 Å². The Hall–Kier alpha value is -1.06. The van der Waals surface area contributed by atoms with E-state index in [0.717, 1.165) is 25.7 Å². The molecule has 0 amide bonds. The Morgan fingerprint density at radius 3 is 1.53 bits per heavy atom. The van der Waals surface area contributed by atoms with Crippen molar-refractivity contribution in [1.29, 1.82) is 0 Å². The van der Waals surface area contributed by atoms with Crippen LogP contribution in [0.5, 0.6) is 0 Å². The Morgan fingerprint density at radius 2 is 1.00 bits per heavy atom. The average Bonchev–Trinajstić information content (AvgIpc) is 2.77. The van der Waals surface area contributed by atoms with Crippen LogP contribution < -0.4 is 0 Å². The van der Waals surface area contributed by atoms with Gasteiger partial charge in [-0.15, -0.1) is 0 Å². The molecule has 0 saturated carbocycles. The van der Waals surface area contributed by atoms with Gasteiger partial charge in [-0.3, -0.25) is 9.59 Å². The van der Waals surface area contributed by atoms with Crippen LogP contribution in [0.2, 0.25) is 0 Å². The van der Waals surface area contributed by atoms with Gasteiger partial charge < -0.3 is 9.47 Å². The summed E-state index contributed by atoms with van der Waals surface area (Å²) in [5.74, 6) is -0.270. The minimum atomic E-state index is -0.137. The number of hydrogen-bond donors (Lipinski definition) is 0. The van der Waals surface area contributed by atoms with Gasteiger partial charge in [-0.25, -0.2) is 0 Å². The zero-order chi connectivity index (χ0) is 23.7. The van der Waals surface area contributed by atoms with E-state index in [4.69, 9.17) is 9.47 Å². The lowest BCUT2D eigenvalue weighted by Crippen LogP contribution is -2.14. The van der Waals surface area contributed by atoms with Crippen LogP contribution in [0.25, 0.3) is 0 Å². The summed E-state index contributed by atoms with van der Waals surface area (Å²) in [5, 5.41) is 0. The molecular weight excluding hydrogens is 400 g/mol. The summed E-state index contributed by atoms with van der Waals surface area (Å²) in [7, 11) is 0. The van der Waals surface area contributed by atoms with E-state index in [-0.39, 0.29) is 18.0 Å². The molecule has 0 N–H and O–H groups in total. The summed E-state index contributed by atoms with van der Waals surface area (Å²) in [6.07, 6.45) is 23.4. The fourth-order valence-electron chi connectivity index (χ4n) is 3.94. The first-order chi connectivity index (χ1) is 15.6. The highest BCUT2D eigenvalue weighted by molar-refractivity contribution is 5.70. The van der Waals surface area contributed by atoms with Crippen molar-refractivity contribution < 1.29 is 19.1 Å². The van der Waals surface area contributed by atoms with Crippen molar-refractivity contribution in [1.82, 2.24) is 0 Å². The van der Waals surface area contributed by atoms with E-state index in [1.165, 1.54) is 83.5 Å². The minimum absolute atomic E-state index is 0.000279. The van der Waals surface area contributed by atoms with Gasteiger partial charge in [-0.2, -0.15) is 0 Å². The smallest absolute Gasteiger partial charge is 0.306 e. The normalized spacial score (nSPS) is 12.0. The zero-order valence-electron chi connectivity index (χ0n) is 21.8. The fraction of sp³-hybridized carbons (Fsp3) is 0.929. The van der Waals surface area contributed by atoms with E-state index in [1.54, 1.807) is 0 Å². The Bertz CT molecular complexity index is 422. The van der Waals surface area contributed by atoms with Gasteiger partial charge in [-0.05, 0) is 39.0 Å². The fourth-order valence-corrected chi connectivity index (χ4v) is 3.94. The second kappa shape index (κ2) is 24.6. The molecule has 1 atom stereocenters. The molecular formula is C28H54O4. The highest BCUT2D eigenvalue weighted by atomic mass is 16.5. The number of esters is 2. The van der Waals surface area contributed by atoms with E-state index in [9.17, 15) is 9.59 Å². The molecule has 4 nitrogen and oxygen atoms in total. The topological polar surface area (TPSA) is 52.6 Å². The number of carbonyl (C=O) groups excluding carboxylic acids is 2. The lowest BCUT2D eigenvalue weighted by atomic mass is 10.1. The summed E-state index contributed by atoms with van der Waals surface area (Å²) < 4.78 is 10.8. The van der Waals surface area contributed by atoms with Gasteiger partial charge in [0.25, 0.3) is 0 Å². The van der Waals surface area contributed by atoms with Crippen LogP contribution in [0.15, 0.2) is 0 Å². The van der Waals surface area contributed by atoms with Crippen molar-refractivity contribution in [2.45, 2.75) is 162 Å². The molecule has 4 heteroatoms. The summed E-state index contributed by atoms with van der Waals surface area (Å²) in [6, 6.07) is 0. The Balaban J connectivity index is 3.41. The third-order valence-electron chi connectivity index (χ3n) is 6.07. The van der Waals surface area contributed by atoms with Gasteiger partial charge in [0.15, 0.2) is 0 Å². The molecule has 0 saturated heterocycles. The number of rotatable bonds is 24. The van der Waals surface area contributed by atoms with E-state index in [0.29, 0.717) is 32.3 Å². The molecule has 190 valence electrons. The van der Waals surface area contributed by atoms with Crippen LogP contribution in [0, 0.1) is 0 Å².